The highest BCUT2D eigenvalue weighted by molar-refractivity contribution is 5.77. The van der Waals surface area contributed by atoms with Crippen molar-refractivity contribution in [2.75, 3.05) is 13.2 Å². The van der Waals surface area contributed by atoms with E-state index in [-0.39, 0.29) is 18.6 Å². The summed E-state index contributed by atoms with van der Waals surface area (Å²) in [6.07, 6.45) is 0.822. The molecule has 1 N–H and O–H groups in total. The summed E-state index contributed by atoms with van der Waals surface area (Å²) in [4.78, 5) is 11.0. The second-order valence-electron chi connectivity index (χ2n) is 4.67. The molecule has 1 saturated carbocycles. The fourth-order valence-corrected chi connectivity index (χ4v) is 2.06. The number of benzene rings is 1. The van der Waals surface area contributed by atoms with Crippen molar-refractivity contribution in [2.45, 2.75) is 31.2 Å². The molecule has 1 aliphatic rings. The molecule has 2 atom stereocenters. The summed E-state index contributed by atoms with van der Waals surface area (Å²) in [5.74, 6) is -4.65. The van der Waals surface area contributed by atoms with Gasteiger partial charge in [0.2, 0.25) is 0 Å². The highest BCUT2D eigenvalue weighted by atomic mass is 19.3. The SMILES string of the molecule is CCOC(=O)C(F)(F)CNC1C[C@H]1c1ccccc1. The summed E-state index contributed by atoms with van der Waals surface area (Å²) in [6.45, 7) is 0.804. The summed E-state index contributed by atoms with van der Waals surface area (Å²) < 4.78 is 31.1. The molecule has 0 bridgehead atoms. The Morgan fingerprint density at radius 3 is 2.74 bits per heavy atom. The zero-order chi connectivity index (χ0) is 13.9. The Kier molecular flexibility index (Phi) is 4.14. The third-order valence-electron chi connectivity index (χ3n) is 3.18. The van der Waals surface area contributed by atoms with E-state index in [9.17, 15) is 13.6 Å². The Hall–Kier alpha value is -1.49. The first kappa shape index (κ1) is 13.9. The van der Waals surface area contributed by atoms with Gasteiger partial charge in [0, 0.05) is 12.0 Å². The van der Waals surface area contributed by atoms with Gasteiger partial charge in [-0.15, -0.1) is 0 Å². The van der Waals surface area contributed by atoms with Gasteiger partial charge < -0.3 is 10.1 Å². The first-order valence-corrected chi connectivity index (χ1v) is 6.38. The lowest BCUT2D eigenvalue weighted by Gasteiger charge is -2.15. The van der Waals surface area contributed by atoms with Crippen molar-refractivity contribution in [3.63, 3.8) is 0 Å². The Labute approximate surface area is 111 Å². The molecule has 0 saturated heterocycles. The molecule has 0 spiro atoms. The number of hydrogen-bond acceptors (Lipinski definition) is 3. The van der Waals surface area contributed by atoms with Crippen molar-refractivity contribution in [1.29, 1.82) is 0 Å². The number of esters is 1. The summed E-state index contributed by atoms with van der Waals surface area (Å²) in [7, 11) is 0. The van der Waals surface area contributed by atoms with Gasteiger partial charge in [-0.05, 0) is 18.9 Å². The largest absolute Gasteiger partial charge is 0.462 e. The van der Waals surface area contributed by atoms with E-state index in [0.717, 1.165) is 12.0 Å². The average Bonchev–Trinajstić information content (AvgIpc) is 3.17. The predicted octanol–water partition coefficient (Wildman–Crippen LogP) is 2.33. The summed E-state index contributed by atoms with van der Waals surface area (Å²) in [5.41, 5.74) is 1.14. The molecule has 1 aromatic rings. The first-order chi connectivity index (χ1) is 9.04. The molecular weight excluding hydrogens is 252 g/mol. The van der Waals surface area contributed by atoms with Crippen LogP contribution in [-0.4, -0.2) is 31.1 Å². The molecule has 0 aromatic heterocycles. The zero-order valence-electron chi connectivity index (χ0n) is 10.7. The smallest absolute Gasteiger partial charge is 0.378 e. The van der Waals surface area contributed by atoms with Crippen LogP contribution in [0.1, 0.15) is 24.8 Å². The lowest BCUT2D eigenvalue weighted by Crippen LogP contribution is -2.42. The molecule has 0 radical (unpaired) electrons. The first-order valence-electron chi connectivity index (χ1n) is 6.38. The molecule has 0 heterocycles. The van der Waals surface area contributed by atoms with E-state index in [4.69, 9.17) is 0 Å². The van der Waals surface area contributed by atoms with E-state index >= 15 is 0 Å². The molecule has 5 heteroatoms. The number of alkyl halides is 2. The summed E-state index contributed by atoms with van der Waals surface area (Å²) in [6, 6.07) is 9.76. The number of ether oxygens (including phenoxy) is 1. The van der Waals surface area contributed by atoms with E-state index in [1.807, 2.05) is 30.3 Å². The van der Waals surface area contributed by atoms with Crippen LogP contribution in [0.5, 0.6) is 0 Å². The van der Waals surface area contributed by atoms with Crippen molar-refractivity contribution < 1.29 is 18.3 Å². The monoisotopic (exact) mass is 269 g/mol. The maximum Gasteiger partial charge on any atom is 0.378 e. The van der Waals surface area contributed by atoms with Gasteiger partial charge in [0.1, 0.15) is 0 Å². The highest BCUT2D eigenvalue weighted by Gasteiger charge is 2.44. The lowest BCUT2D eigenvalue weighted by molar-refractivity contribution is -0.170. The fraction of sp³-hybridized carbons (Fsp3) is 0.500. The third-order valence-corrected chi connectivity index (χ3v) is 3.18. The standard InChI is InChI=1S/C14H17F2NO2/c1-2-19-13(18)14(15,16)9-17-12-8-11(12)10-6-4-3-5-7-10/h3-7,11-12,17H,2,8-9H2,1H3/t11-,12?/m0/s1. The van der Waals surface area contributed by atoms with E-state index < -0.39 is 18.4 Å². The van der Waals surface area contributed by atoms with Crippen LogP contribution in [0.15, 0.2) is 30.3 Å². The Morgan fingerprint density at radius 1 is 1.42 bits per heavy atom. The number of halogens is 2. The van der Waals surface area contributed by atoms with Crippen LogP contribution < -0.4 is 5.32 Å². The van der Waals surface area contributed by atoms with Gasteiger partial charge in [-0.2, -0.15) is 8.78 Å². The third kappa shape index (κ3) is 3.50. The van der Waals surface area contributed by atoms with Gasteiger partial charge >= 0.3 is 11.9 Å². The van der Waals surface area contributed by atoms with E-state index in [1.54, 1.807) is 0 Å². The molecule has 19 heavy (non-hydrogen) atoms. The van der Waals surface area contributed by atoms with Crippen LogP contribution in [0.3, 0.4) is 0 Å². The number of rotatable bonds is 6. The molecule has 2 rings (SSSR count). The minimum atomic E-state index is -3.46. The average molecular weight is 269 g/mol. The van der Waals surface area contributed by atoms with Crippen molar-refractivity contribution in [3.8, 4) is 0 Å². The van der Waals surface area contributed by atoms with Crippen LogP contribution in [-0.2, 0) is 9.53 Å². The fourth-order valence-electron chi connectivity index (χ4n) is 2.06. The second-order valence-corrected chi connectivity index (χ2v) is 4.67. The summed E-state index contributed by atoms with van der Waals surface area (Å²) >= 11 is 0. The van der Waals surface area contributed by atoms with Crippen LogP contribution in [0.2, 0.25) is 0 Å². The van der Waals surface area contributed by atoms with Gasteiger partial charge in [-0.1, -0.05) is 30.3 Å². The number of carbonyl (C=O) groups excluding carboxylic acids is 1. The van der Waals surface area contributed by atoms with E-state index in [1.165, 1.54) is 6.92 Å². The normalized spacial score (nSPS) is 22.1. The minimum Gasteiger partial charge on any atom is -0.462 e. The molecular formula is C14H17F2NO2. The molecule has 0 aliphatic heterocycles. The van der Waals surface area contributed by atoms with Crippen molar-refractivity contribution in [3.05, 3.63) is 35.9 Å². The highest BCUT2D eigenvalue weighted by Crippen LogP contribution is 2.40. The van der Waals surface area contributed by atoms with Crippen LogP contribution in [0.25, 0.3) is 0 Å². The maximum absolute atomic E-state index is 13.4. The predicted molar refractivity (Wildman–Crippen MR) is 67.2 cm³/mol. The summed E-state index contributed by atoms with van der Waals surface area (Å²) in [5, 5.41) is 2.73. The maximum atomic E-state index is 13.4. The van der Waals surface area contributed by atoms with Gasteiger partial charge in [-0.25, -0.2) is 4.79 Å². The molecule has 3 nitrogen and oxygen atoms in total. The topological polar surface area (TPSA) is 38.3 Å². The Morgan fingerprint density at radius 2 is 2.11 bits per heavy atom. The molecule has 1 unspecified atom stereocenters. The van der Waals surface area contributed by atoms with Gasteiger partial charge in [0.25, 0.3) is 0 Å². The second kappa shape index (κ2) is 5.65. The minimum absolute atomic E-state index is 0.0164. The van der Waals surface area contributed by atoms with Crippen molar-refractivity contribution in [1.82, 2.24) is 5.32 Å². The molecule has 1 aromatic carbocycles. The number of carbonyl (C=O) groups is 1. The van der Waals surface area contributed by atoms with Gasteiger partial charge in [0.05, 0.1) is 13.2 Å². The van der Waals surface area contributed by atoms with Crippen molar-refractivity contribution >= 4 is 5.97 Å². The van der Waals surface area contributed by atoms with Crippen LogP contribution >= 0.6 is 0 Å². The van der Waals surface area contributed by atoms with Crippen molar-refractivity contribution in [2.24, 2.45) is 0 Å². The van der Waals surface area contributed by atoms with E-state index in [0.29, 0.717) is 0 Å². The molecule has 104 valence electrons. The number of nitrogens with one attached hydrogen (secondary N) is 1. The molecule has 1 fully saturated rings. The molecule has 1 aliphatic carbocycles. The van der Waals surface area contributed by atoms with Gasteiger partial charge in [-0.3, -0.25) is 0 Å². The Bertz CT molecular complexity index is 436. The van der Waals surface area contributed by atoms with Crippen LogP contribution in [0, 0.1) is 0 Å². The molecule has 0 amide bonds. The lowest BCUT2D eigenvalue weighted by atomic mass is 10.1. The van der Waals surface area contributed by atoms with E-state index in [2.05, 4.69) is 10.1 Å². The number of hydrogen-bond donors (Lipinski definition) is 1. The van der Waals surface area contributed by atoms with Crippen LogP contribution in [0.4, 0.5) is 8.78 Å². The Balaban J connectivity index is 1.80. The van der Waals surface area contributed by atoms with Gasteiger partial charge in [0.15, 0.2) is 0 Å². The quantitative estimate of drug-likeness (QED) is 0.805. The zero-order valence-corrected chi connectivity index (χ0v) is 10.7.